The largest absolute Gasteiger partial charge is 0.489 e. The molecule has 0 radical (unpaired) electrons. The van der Waals surface area contributed by atoms with Crippen molar-refractivity contribution in [3.63, 3.8) is 0 Å². The van der Waals surface area contributed by atoms with E-state index in [1.165, 1.54) is 0 Å². The Balaban J connectivity index is 1.99. The summed E-state index contributed by atoms with van der Waals surface area (Å²) in [5.74, 6) is 0.203. The topological polar surface area (TPSA) is 76.1 Å². The molecule has 0 spiro atoms. The number of carbonyl (C=O) groups is 2. The minimum Gasteiger partial charge on any atom is -0.489 e. The summed E-state index contributed by atoms with van der Waals surface area (Å²) in [6.45, 7) is 6.60. The molecule has 0 atom stereocenters. The quantitative estimate of drug-likeness (QED) is 0.830. The molecule has 0 unspecified atom stereocenters. The molecule has 1 fully saturated rings. The fraction of sp³-hybridized carbons (Fsp3) is 0.579. The monoisotopic (exact) mass is 381 g/mol. The molecule has 6 nitrogen and oxygen atoms in total. The zero-order chi connectivity index (χ0) is 19.3. The summed E-state index contributed by atoms with van der Waals surface area (Å²) in [5, 5.41) is 9.38. The van der Waals surface area contributed by atoms with Gasteiger partial charge in [0.25, 0.3) is 0 Å². The normalized spacial score (nSPS) is 15.6. The fourth-order valence-corrected chi connectivity index (χ4v) is 3.27. The molecule has 2 rings (SSSR count). The standard InChI is InChI=1S/C19H27NO5S/c1-19(2,3)25-18(23)20-9-7-14(8-10-20)24-16-11-13(12-26-4)5-6-15(16)17(21)22/h5-6,11,14H,7-10,12H2,1-4H3,(H,21,22). The molecule has 1 heterocycles. The number of carbonyl (C=O) groups excluding carboxylic acids is 1. The Morgan fingerprint density at radius 2 is 1.92 bits per heavy atom. The van der Waals surface area contributed by atoms with E-state index in [1.807, 2.05) is 33.1 Å². The second-order valence-corrected chi connectivity index (χ2v) is 8.22. The lowest BCUT2D eigenvalue weighted by atomic mass is 10.1. The van der Waals surface area contributed by atoms with Gasteiger partial charge in [-0.1, -0.05) is 6.07 Å². The van der Waals surface area contributed by atoms with Crippen LogP contribution in [0, 0.1) is 0 Å². The minimum absolute atomic E-state index is 0.115. The van der Waals surface area contributed by atoms with Gasteiger partial charge in [0, 0.05) is 31.7 Å². The van der Waals surface area contributed by atoms with Crippen molar-refractivity contribution in [2.24, 2.45) is 0 Å². The van der Waals surface area contributed by atoms with Gasteiger partial charge < -0.3 is 19.5 Å². The molecule has 1 aromatic carbocycles. The van der Waals surface area contributed by atoms with Crippen LogP contribution in [0.15, 0.2) is 18.2 Å². The molecule has 1 aliphatic rings. The van der Waals surface area contributed by atoms with Crippen molar-refractivity contribution in [1.29, 1.82) is 0 Å². The lowest BCUT2D eigenvalue weighted by Crippen LogP contribution is -2.44. The molecule has 1 saturated heterocycles. The third-order valence-electron chi connectivity index (χ3n) is 3.97. The number of amides is 1. The van der Waals surface area contributed by atoms with Gasteiger partial charge in [-0.2, -0.15) is 11.8 Å². The summed E-state index contributed by atoms with van der Waals surface area (Å²) in [6.07, 6.45) is 2.86. The van der Waals surface area contributed by atoms with Crippen molar-refractivity contribution < 1.29 is 24.2 Å². The Hall–Kier alpha value is -1.89. The number of carboxylic acid groups (broad SMARTS) is 1. The number of hydrogen-bond acceptors (Lipinski definition) is 5. The van der Waals surface area contributed by atoms with E-state index in [1.54, 1.807) is 28.8 Å². The van der Waals surface area contributed by atoms with Crippen LogP contribution in [0.4, 0.5) is 4.79 Å². The van der Waals surface area contributed by atoms with Crippen molar-refractivity contribution in [2.75, 3.05) is 19.3 Å². The van der Waals surface area contributed by atoms with Crippen molar-refractivity contribution >= 4 is 23.8 Å². The molecule has 0 aliphatic carbocycles. The molecule has 1 N–H and O–H groups in total. The molecule has 0 bridgehead atoms. The van der Waals surface area contributed by atoms with Crippen molar-refractivity contribution in [2.45, 2.75) is 51.1 Å². The van der Waals surface area contributed by atoms with Crippen molar-refractivity contribution in [3.05, 3.63) is 29.3 Å². The Morgan fingerprint density at radius 1 is 1.27 bits per heavy atom. The van der Waals surface area contributed by atoms with Gasteiger partial charge >= 0.3 is 12.1 Å². The Labute approximate surface area is 158 Å². The average Bonchev–Trinajstić information content (AvgIpc) is 2.54. The highest BCUT2D eigenvalue weighted by atomic mass is 32.2. The number of hydrogen-bond donors (Lipinski definition) is 1. The number of benzene rings is 1. The van der Waals surface area contributed by atoms with Crippen LogP contribution in [0.5, 0.6) is 5.75 Å². The van der Waals surface area contributed by atoms with E-state index >= 15 is 0 Å². The molecular formula is C19H27NO5S. The van der Waals surface area contributed by atoms with Gasteiger partial charge in [-0.3, -0.25) is 0 Å². The second kappa shape index (κ2) is 8.66. The molecular weight excluding hydrogens is 354 g/mol. The number of nitrogens with zero attached hydrogens (tertiary/aromatic N) is 1. The van der Waals surface area contributed by atoms with E-state index in [9.17, 15) is 14.7 Å². The summed E-state index contributed by atoms with van der Waals surface area (Å²) in [7, 11) is 0. The second-order valence-electron chi connectivity index (χ2n) is 7.35. The van der Waals surface area contributed by atoms with Crippen LogP contribution in [-0.2, 0) is 10.5 Å². The van der Waals surface area contributed by atoms with Crippen molar-refractivity contribution in [1.82, 2.24) is 4.90 Å². The van der Waals surface area contributed by atoms with E-state index in [2.05, 4.69) is 0 Å². The summed E-state index contributed by atoms with van der Waals surface area (Å²) < 4.78 is 11.4. The Kier molecular flexibility index (Phi) is 6.81. The summed E-state index contributed by atoms with van der Waals surface area (Å²) in [4.78, 5) is 25.2. The lowest BCUT2D eigenvalue weighted by molar-refractivity contribution is 0.0126. The van der Waals surface area contributed by atoms with E-state index in [0.717, 1.165) is 11.3 Å². The maximum absolute atomic E-state index is 12.1. The first-order valence-corrected chi connectivity index (χ1v) is 10.1. The van der Waals surface area contributed by atoms with E-state index < -0.39 is 11.6 Å². The summed E-state index contributed by atoms with van der Waals surface area (Å²) in [5.41, 5.74) is 0.687. The molecule has 26 heavy (non-hydrogen) atoms. The van der Waals surface area contributed by atoms with Gasteiger partial charge in [0.15, 0.2) is 0 Å². The molecule has 1 aliphatic heterocycles. The highest BCUT2D eigenvalue weighted by molar-refractivity contribution is 7.97. The number of carboxylic acids is 1. The number of ether oxygens (including phenoxy) is 2. The van der Waals surface area contributed by atoms with E-state index in [4.69, 9.17) is 9.47 Å². The van der Waals surface area contributed by atoms with Crippen LogP contribution in [-0.4, -0.2) is 53.1 Å². The van der Waals surface area contributed by atoms with Gasteiger partial charge in [0.2, 0.25) is 0 Å². The number of aromatic carboxylic acids is 1. The Bertz CT molecular complexity index is 648. The van der Waals surface area contributed by atoms with Crippen LogP contribution in [0.3, 0.4) is 0 Å². The SMILES string of the molecule is CSCc1ccc(C(=O)O)c(OC2CCN(C(=O)OC(C)(C)C)CC2)c1. The summed E-state index contributed by atoms with van der Waals surface area (Å²) >= 11 is 1.67. The fourth-order valence-electron chi connectivity index (χ4n) is 2.76. The molecule has 0 saturated carbocycles. The van der Waals surface area contributed by atoms with Crippen LogP contribution >= 0.6 is 11.8 Å². The number of piperidine rings is 1. The first-order valence-electron chi connectivity index (χ1n) is 8.69. The van der Waals surface area contributed by atoms with Gasteiger partial charge in [-0.15, -0.1) is 0 Å². The number of thioether (sulfide) groups is 1. The predicted octanol–water partition coefficient (Wildman–Crippen LogP) is 4.03. The van der Waals surface area contributed by atoms with E-state index in [-0.39, 0.29) is 17.8 Å². The van der Waals surface area contributed by atoms with Crippen LogP contribution in [0.1, 0.15) is 49.5 Å². The van der Waals surface area contributed by atoms with Gasteiger partial charge in [0.1, 0.15) is 23.0 Å². The molecule has 1 amide bonds. The highest BCUT2D eigenvalue weighted by Crippen LogP contribution is 2.26. The lowest BCUT2D eigenvalue weighted by Gasteiger charge is -2.33. The molecule has 1 aromatic rings. The smallest absolute Gasteiger partial charge is 0.410 e. The first kappa shape index (κ1) is 20.4. The minimum atomic E-state index is -0.998. The Morgan fingerprint density at radius 3 is 2.46 bits per heavy atom. The molecule has 144 valence electrons. The molecule has 0 aromatic heterocycles. The van der Waals surface area contributed by atoms with Gasteiger partial charge in [-0.05, 0) is 44.7 Å². The van der Waals surface area contributed by atoms with E-state index in [0.29, 0.717) is 31.7 Å². The third-order valence-corrected chi connectivity index (χ3v) is 4.60. The zero-order valence-corrected chi connectivity index (χ0v) is 16.6. The summed E-state index contributed by atoms with van der Waals surface area (Å²) in [6, 6.07) is 5.22. The predicted molar refractivity (Wildman–Crippen MR) is 102 cm³/mol. The molecule has 7 heteroatoms. The maximum Gasteiger partial charge on any atom is 0.410 e. The first-order chi connectivity index (χ1) is 12.2. The highest BCUT2D eigenvalue weighted by Gasteiger charge is 2.28. The van der Waals surface area contributed by atoms with Crippen LogP contribution in [0.25, 0.3) is 0 Å². The average molecular weight is 381 g/mol. The van der Waals surface area contributed by atoms with Gasteiger partial charge in [-0.25, -0.2) is 9.59 Å². The zero-order valence-electron chi connectivity index (χ0n) is 15.8. The van der Waals surface area contributed by atoms with Crippen LogP contribution < -0.4 is 4.74 Å². The van der Waals surface area contributed by atoms with Gasteiger partial charge in [0.05, 0.1) is 0 Å². The maximum atomic E-state index is 12.1. The number of rotatable bonds is 5. The number of likely N-dealkylation sites (tertiary alicyclic amines) is 1. The van der Waals surface area contributed by atoms with Crippen LogP contribution in [0.2, 0.25) is 0 Å². The van der Waals surface area contributed by atoms with Crippen molar-refractivity contribution in [3.8, 4) is 5.75 Å². The third kappa shape index (κ3) is 5.83.